The minimum atomic E-state index is 0.789. The van der Waals surface area contributed by atoms with Gasteiger partial charge < -0.3 is 20.0 Å². The number of aromatic nitrogens is 1. The van der Waals surface area contributed by atoms with Gasteiger partial charge in [-0.3, -0.25) is 4.99 Å². The van der Waals surface area contributed by atoms with Crippen molar-refractivity contribution in [3.05, 3.63) is 59.8 Å². The zero-order chi connectivity index (χ0) is 19.1. The van der Waals surface area contributed by atoms with Crippen LogP contribution >= 0.6 is 0 Å². The van der Waals surface area contributed by atoms with Crippen molar-refractivity contribution in [2.24, 2.45) is 4.99 Å². The van der Waals surface area contributed by atoms with Crippen molar-refractivity contribution >= 4 is 11.8 Å². The van der Waals surface area contributed by atoms with E-state index in [9.17, 15) is 0 Å². The molecule has 0 aliphatic carbocycles. The number of rotatable bonds is 5. The summed E-state index contributed by atoms with van der Waals surface area (Å²) in [6.07, 6.45) is 1.85. The Bertz CT molecular complexity index is 735. The summed E-state index contributed by atoms with van der Waals surface area (Å²) in [5.41, 5.74) is 2.67. The molecule has 1 aliphatic rings. The Morgan fingerprint density at radius 1 is 1.04 bits per heavy atom. The average molecular weight is 367 g/mol. The molecule has 2 heterocycles. The van der Waals surface area contributed by atoms with Gasteiger partial charge in [-0.05, 0) is 37.4 Å². The van der Waals surface area contributed by atoms with Crippen LogP contribution in [0.15, 0.2) is 53.7 Å². The van der Waals surface area contributed by atoms with Crippen LogP contribution in [-0.2, 0) is 13.1 Å². The summed E-state index contributed by atoms with van der Waals surface area (Å²) in [6.45, 7) is 5.52. The van der Waals surface area contributed by atoms with Gasteiger partial charge in [0.05, 0.1) is 0 Å². The van der Waals surface area contributed by atoms with Gasteiger partial charge in [-0.1, -0.05) is 30.3 Å². The zero-order valence-corrected chi connectivity index (χ0v) is 16.6. The molecule has 1 aromatic heterocycles. The topological polar surface area (TPSA) is 47.0 Å². The molecular weight excluding hydrogens is 336 g/mol. The van der Waals surface area contributed by atoms with Crippen molar-refractivity contribution in [3.8, 4) is 0 Å². The lowest BCUT2D eigenvalue weighted by Crippen LogP contribution is -2.52. The Balaban J connectivity index is 1.56. The Labute approximate surface area is 162 Å². The summed E-state index contributed by atoms with van der Waals surface area (Å²) < 4.78 is 0. The van der Waals surface area contributed by atoms with Crippen molar-refractivity contribution in [1.29, 1.82) is 0 Å². The highest BCUT2D eigenvalue weighted by Gasteiger charge is 2.20. The standard InChI is InChI=1S/C21H30N6/c1-22-21(24-16-18-8-4-5-9-19(18)17-25(2)3)27-14-12-26(13-15-27)20-10-6-7-11-23-20/h4-11H,12-17H2,1-3H3,(H,22,24). The van der Waals surface area contributed by atoms with Gasteiger partial charge in [0.2, 0.25) is 0 Å². The van der Waals surface area contributed by atoms with E-state index >= 15 is 0 Å². The van der Waals surface area contributed by atoms with Gasteiger partial charge in [0.1, 0.15) is 5.82 Å². The molecule has 0 unspecified atom stereocenters. The molecule has 0 saturated carbocycles. The lowest BCUT2D eigenvalue weighted by molar-refractivity contribution is 0.371. The maximum Gasteiger partial charge on any atom is 0.194 e. The minimum absolute atomic E-state index is 0.789. The molecule has 1 N–H and O–H groups in total. The predicted octanol–water partition coefficient (Wildman–Crippen LogP) is 2.04. The first-order valence-corrected chi connectivity index (χ1v) is 9.50. The molecule has 6 nitrogen and oxygen atoms in total. The Kier molecular flexibility index (Phi) is 6.65. The van der Waals surface area contributed by atoms with Crippen molar-refractivity contribution in [1.82, 2.24) is 20.1 Å². The molecule has 3 rings (SSSR count). The smallest absolute Gasteiger partial charge is 0.194 e. The average Bonchev–Trinajstić information content (AvgIpc) is 2.70. The first-order valence-electron chi connectivity index (χ1n) is 9.50. The van der Waals surface area contributed by atoms with Gasteiger partial charge >= 0.3 is 0 Å². The summed E-state index contributed by atoms with van der Waals surface area (Å²) in [4.78, 5) is 15.8. The molecule has 1 fully saturated rings. The molecular formula is C21H30N6. The normalized spacial score (nSPS) is 15.3. The molecule has 0 spiro atoms. The number of pyridine rings is 1. The van der Waals surface area contributed by atoms with Crippen molar-refractivity contribution in [2.45, 2.75) is 13.1 Å². The van der Waals surface area contributed by atoms with Crippen LogP contribution in [0.1, 0.15) is 11.1 Å². The third kappa shape index (κ3) is 5.20. The van der Waals surface area contributed by atoms with Crippen LogP contribution in [0.2, 0.25) is 0 Å². The molecule has 1 saturated heterocycles. The van der Waals surface area contributed by atoms with E-state index in [-0.39, 0.29) is 0 Å². The second-order valence-corrected chi connectivity index (χ2v) is 7.07. The van der Waals surface area contributed by atoms with E-state index in [0.717, 1.165) is 51.0 Å². The van der Waals surface area contributed by atoms with Crippen molar-refractivity contribution in [2.75, 3.05) is 52.2 Å². The maximum atomic E-state index is 4.50. The van der Waals surface area contributed by atoms with Gasteiger partial charge in [0.15, 0.2) is 5.96 Å². The third-order valence-corrected chi connectivity index (χ3v) is 4.81. The lowest BCUT2D eigenvalue weighted by atomic mass is 10.1. The number of piperazine rings is 1. The SMILES string of the molecule is CN=C(NCc1ccccc1CN(C)C)N1CCN(c2ccccn2)CC1. The number of nitrogens with one attached hydrogen (secondary N) is 1. The number of guanidine groups is 1. The highest BCUT2D eigenvalue weighted by Crippen LogP contribution is 2.13. The molecule has 1 aromatic carbocycles. The second-order valence-electron chi connectivity index (χ2n) is 7.07. The van der Waals surface area contributed by atoms with Crippen LogP contribution in [0.3, 0.4) is 0 Å². The van der Waals surface area contributed by atoms with Crippen molar-refractivity contribution < 1.29 is 0 Å². The van der Waals surface area contributed by atoms with E-state index in [2.05, 4.69) is 74.4 Å². The molecule has 27 heavy (non-hydrogen) atoms. The summed E-state index contributed by atoms with van der Waals surface area (Å²) in [5.74, 6) is 2.02. The molecule has 0 amide bonds. The highest BCUT2D eigenvalue weighted by molar-refractivity contribution is 5.80. The molecule has 6 heteroatoms. The molecule has 2 aromatic rings. The number of anilines is 1. The quantitative estimate of drug-likeness (QED) is 0.648. The fourth-order valence-electron chi connectivity index (χ4n) is 3.42. The molecule has 1 aliphatic heterocycles. The van der Waals surface area contributed by atoms with Crippen molar-refractivity contribution in [3.63, 3.8) is 0 Å². The molecule has 0 radical (unpaired) electrons. The van der Waals surface area contributed by atoms with Crippen LogP contribution in [0.4, 0.5) is 5.82 Å². The fourth-order valence-corrected chi connectivity index (χ4v) is 3.42. The number of aliphatic imine (C=N–C) groups is 1. The predicted molar refractivity (Wildman–Crippen MR) is 112 cm³/mol. The zero-order valence-electron chi connectivity index (χ0n) is 16.6. The number of benzene rings is 1. The molecule has 0 bridgehead atoms. The van der Waals surface area contributed by atoms with Crippen LogP contribution in [0.25, 0.3) is 0 Å². The van der Waals surface area contributed by atoms with Crippen LogP contribution in [0, 0.1) is 0 Å². The maximum absolute atomic E-state index is 4.50. The first kappa shape index (κ1) is 19.2. The van der Waals surface area contributed by atoms with E-state index in [1.54, 1.807) is 0 Å². The lowest BCUT2D eigenvalue weighted by Gasteiger charge is -2.37. The van der Waals surface area contributed by atoms with Crippen LogP contribution < -0.4 is 10.2 Å². The minimum Gasteiger partial charge on any atom is -0.353 e. The number of hydrogen-bond donors (Lipinski definition) is 1. The fraction of sp³-hybridized carbons (Fsp3) is 0.429. The van der Waals surface area contributed by atoms with E-state index in [0.29, 0.717) is 0 Å². The van der Waals surface area contributed by atoms with E-state index in [1.807, 2.05) is 25.4 Å². The third-order valence-electron chi connectivity index (χ3n) is 4.81. The highest BCUT2D eigenvalue weighted by atomic mass is 15.4. The van der Waals surface area contributed by atoms with Crippen LogP contribution in [0.5, 0.6) is 0 Å². The van der Waals surface area contributed by atoms with Gasteiger partial charge in [0.25, 0.3) is 0 Å². The summed E-state index contributed by atoms with van der Waals surface area (Å²) in [5, 5.41) is 3.55. The van der Waals surface area contributed by atoms with Gasteiger partial charge in [0, 0.05) is 52.5 Å². The number of nitrogens with zero attached hydrogens (tertiary/aromatic N) is 5. The Morgan fingerprint density at radius 2 is 1.74 bits per heavy atom. The second kappa shape index (κ2) is 9.37. The Hall–Kier alpha value is -2.60. The Morgan fingerprint density at radius 3 is 2.37 bits per heavy atom. The summed E-state index contributed by atoms with van der Waals surface area (Å²) in [7, 11) is 6.06. The largest absolute Gasteiger partial charge is 0.353 e. The summed E-state index contributed by atoms with van der Waals surface area (Å²) >= 11 is 0. The van der Waals surface area contributed by atoms with Gasteiger partial charge in [-0.15, -0.1) is 0 Å². The van der Waals surface area contributed by atoms with Gasteiger partial charge in [-0.2, -0.15) is 0 Å². The van der Waals surface area contributed by atoms with Gasteiger partial charge in [-0.25, -0.2) is 4.98 Å². The van der Waals surface area contributed by atoms with Crippen LogP contribution in [-0.4, -0.2) is 68.1 Å². The van der Waals surface area contributed by atoms with E-state index < -0.39 is 0 Å². The summed E-state index contributed by atoms with van der Waals surface area (Å²) in [6, 6.07) is 14.7. The monoisotopic (exact) mass is 366 g/mol. The van der Waals surface area contributed by atoms with E-state index in [1.165, 1.54) is 11.1 Å². The molecule has 0 atom stereocenters. The first-order chi connectivity index (χ1) is 13.2. The number of hydrogen-bond acceptors (Lipinski definition) is 4. The van der Waals surface area contributed by atoms with E-state index in [4.69, 9.17) is 0 Å². The molecule has 144 valence electrons.